The lowest BCUT2D eigenvalue weighted by Gasteiger charge is -1.99. The van der Waals surface area contributed by atoms with Crippen LogP contribution < -0.4 is 4.74 Å². The topological polar surface area (TPSA) is 34.5 Å². The van der Waals surface area contributed by atoms with E-state index in [2.05, 4.69) is 9.98 Å². The molecule has 1 aromatic heterocycles. The molecule has 0 amide bonds. The van der Waals surface area contributed by atoms with E-state index >= 15 is 0 Å². The standard InChI is InChI=1S/C8H6N2O/c1-3-10-7-6-9-4-2-8(7)11-5-1/h1-6H. The van der Waals surface area contributed by atoms with Gasteiger partial charge in [0.15, 0.2) is 5.75 Å². The highest BCUT2D eigenvalue weighted by Crippen LogP contribution is 2.26. The van der Waals surface area contributed by atoms with Crippen molar-refractivity contribution in [3.63, 3.8) is 0 Å². The van der Waals surface area contributed by atoms with E-state index in [1.165, 1.54) is 0 Å². The van der Waals surface area contributed by atoms with Gasteiger partial charge in [0.1, 0.15) is 5.69 Å². The maximum Gasteiger partial charge on any atom is 0.155 e. The molecule has 3 nitrogen and oxygen atoms in total. The van der Waals surface area contributed by atoms with Gasteiger partial charge in [-0.2, -0.15) is 0 Å². The van der Waals surface area contributed by atoms with Crippen molar-refractivity contribution < 1.29 is 4.74 Å². The molecular weight excluding hydrogens is 140 g/mol. The van der Waals surface area contributed by atoms with Crippen LogP contribution in [0.4, 0.5) is 5.69 Å². The normalized spacial score (nSPS) is 13.5. The maximum absolute atomic E-state index is 5.20. The SMILES string of the molecule is C1=COc2ccncc2N=C1. The first-order valence-electron chi connectivity index (χ1n) is 3.27. The van der Waals surface area contributed by atoms with E-state index in [4.69, 9.17) is 4.74 Å². The van der Waals surface area contributed by atoms with Crippen LogP contribution in [0.15, 0.2) is 35.8 Å². The van der Waals surface area contributed by atoms with E-state index in [0.717, 1.165) is 11.4 Å². The summed E-state index contributed by atoms with van der Waals surface area (Å²) in [4.78, 5) is 8.01. The van der Waals surface area contributed by atoms with Crippen LogP contribution in [0.2, 0.25) is 0 Å². The molecule has 0 radical (unpaired) electrons. The number of hydrogen-bond acceptors (Lipinski definition) is 3. The maximum atomic E-state index is 5.20. The number of fused-ring (bicyclic) bond motifs is 1. The van der Waals surface area contributed by atoms with Crippen molar-refractivity contribution in [2.75, 3.05) is 0 Å². The van der Waals surface area contributed by atoms with E-state index in [0.29, 0.717) is 0 Å². The molecule has 0 N–H and O–H groups in total. The van der Waals surface area contributed by atoms with E-state index < -0.39 is 0 Å². The van der Waals surface area contributed by atoms with Gasteiger partial charge in [0, 0.05) is 18.5 Å². The summed E-state index contributed by atoms with van der Waals surface area (Å²) in [5.41, 5.74) is 0.762. The highest BCUT2D eigenvalue weighted by molar-refractivity contribution is 5.76. The van der Waals surface area contributed by atoms with Crippen LogP contribution in [0.25, 0.3) is 0 Å². The summed E-state index contributed by atoms with van der Waals surface area (Å²) in [6.45, 7) is 0. The second-order valence-electron chi connectivity index (χ2n) is 2.07. The van der Waals surface area contributed by atoms with Crippen LogP contribution in [-0.2, 0) is 0 Å². The number of hydrogen-bond donors (Lipinski definition) is 0. The van der Waals surface area contributed by atoms with E-state index in [1.54, 1.807) is 37.0 Å². The van der Waals surface area contributed by atoms with Gasteiger partial charge in [-0.3, -0.25) is 9.98 Å². The van der Waals surface area contributed by atoms with Crippen LogP contribution >= 0.6 is 0 Å². The molecule has 1 aromatic rings. The molecule has 1 aliphatic rings. The molecule has 2 rings (SSSR count). The van der Waals surface area contributed by atoms with Gasteiger partial charge >= 0.3 is 0 Å². The first-order valence-corrected chi connectivity index (χ1v) is 3.27. The molecule has 0 spiro atoms. The molecule has 2 heterocycles. The first-order chi connectivity index (χ1) is 5.47. The van der Waals surface area contributed by atoms with Gasteiger partial charge in [0.25, 0.3) is 0 Å². The highest BCUT2D eigenvalue weighted by Gasteiger charge is 2.00. The second-order valence-corrected chi connectivity index (χ2v) is 2.07. The van der Waals surface area contributed by atoms with Crippen LogP contribution in [0.5, 0.6) is 5.75 Å². The number of ether oxygens (including phenoxy) is 1. The number of allylic oxidation sites excluding steroid dienone is 1. The molecular formula is C8H6N2O. The van der Waals surface area contributed by atoms with Crippen molar-refractivity contribution >= 4 is 11.9 Å². The summed E-state index contributed by atoms with van der Waals surface area (Å²) in [5, 5.41) is 0. The van der Waals surface area contributed by atoms with E-state index in [1.807, 2.05) is 0 Å². The molecule has 0 saturated carbocycles. The fourth-order valence-electron chi connectivity index (χ4n) is 0.841. The monoisotopic (exact) mass is 146 g/mol. The Hall–Kier alpha value is -1.64. The van der Waals surface area contributed by atoms with Crippen LogP contribution in [0.3, 0.4) is 0 Å². The van der Waals surface area contributed by atoms with Crippen LogP contribution in [-0.4, -0.2) is 11.2 Å². The lowest BCUT2D eigenvalue weighted by atomic mass is 10.4. The molecule has 0 fully saturated rings. The van der Waals surface area contributed by atoms with E-state index in [-0.39, 0.29) is 0 Å². The third-order valence-electron chi connectivity index (χ3n) is 1.33. The molecule has 0 aromatic carbocycles. The fourth-order valence-corrected chi connectivity index (χ4v) is 0.841. The number of aliphatic imine (C=N–C) groups is 1. The Balaban J connectivity index is 2.52. The molecule has 0 bridgehead atoms. The summed E-state index contributed by atoms with van der Waals surface area (Å²) in [6, 6.07) is 1.78. The van der Waals surface area contributed by atoms with Crippen LogP contribution in [0.1, 0.15) is 0 Å². The van der Waals surface area contributed by atoms with Crippen LogP contribution in [0, 0.1) is 0 Å². The van der Waals surface area contributed by atoms with Gasteiger partial charge in [0.2, 0.25) is 0 Å². The van der Waals surface area contributed by atoms with Crippen molar-refractivity contribution in [2.24, 2.45) is 4.99 Å². The molecule has 1 aliphatic heterocycles. The summed E-state index contributed by atoms with van der Waals surface area (Å²) < 4.78 is 5.20. The minimum Gasteiger partial charge on any atom is -0.463 e. The Morgan fingerprint density at radius 1 is 1.36 bits per heavy atom. The summed E-state index contributed by atoms with van der Waals surface area (Å²) in [5.74, 6) is 0.741. The zero-order chi connectivity index (χ0) is 7.52. The quantitative estimate of drug-likeness (QED) is 0.558. The van der Waals surface area contributed by atoms with Gasteiger partial charge in [0.05, 0.1) is 12.5 Å². The summed E-state index contributed by atoms with van der Waals surface area (Å²) in [7, 11) is 0. The molecule has 0 saturated heterocycles. The summed E-state index contributed by atoms with van der Waals surface area (Å²) >= 11 is 0. The average Bonchev–Trinajstić information content (AvgIpc) is 2.28. The molecule has 0 aliphatic carbocycles. The predicted molar refractivity (Wildman–Crippen MR) is 42.2 cm³/mol. The lowest BCUT2D eigenvalue weighted by molar-refractivity contribution is 0.484. The number of pyridine rings is 1. The Morgan fingerprint density at radius 3 is 3.36 bits per heavy atom. The zero-order valence-corrected chi connectivity index (χ0v) is 5.77. The number of rotatable bonds is 0. The third-order valence-corrected chi connectivity index (χ3v) is 1.33. The third kappa shape index (κ3) is 1.12. The van der Waals surface area contributed by atoms with Crippen molar-refractivity contribution in [1.29, 1.82) is 0 Å². The number of aromatic nitrogens is 1. The predicted octanol–water partition coefficient (Wildman–Crippen LogP) is 1.69. The Bertz CT molecular complexity index is 318. The van der Waals surface area contributed by atoms with Crippen molar-refractivity contribution in [3.8, 4) is 5.75 Å². The fraction of sp³-hybridized carbons (Fsp3) is 0. The van der Waals surface area contributed by atoms with Gasteiger partial charge in [-0.05, 0) is 6.08 Å². The zero-order valence-electron chi connectivity index (χ0n) is 5.77. The molecule has 54 valence electrons. The smallest absolute Gasteiger partial charge is 0.155 e. The van der Waals surface area contributed by atoms with Gasteiger partial charge in [-0.25, -0.2) is 0 Å². The van der Waals surface area contributed by atoms with Gasteiger partial charge in [-0.15, -0.1) is 0 Å². The van der Waals surface area contributed by atoms with E-state index in [9.17, 15) is 0 Å². The minimum absolute atomic E-state index is 0.741. The second kappa shape index (κ2) is 2.54. The average molecular weight is 146 g/mol. The lowest BCUT2D eigenvalue weighted by Crippen LogP contribution is -1.80. The van der Waals surface area contributed by atoms with Crippen molar-refractivity contribution in [1.82, 2.24) is 4.98 Å². The highest BCUT2D eigenvalue weighted by atomic mass is 16.5. The Morgan fingerprint density at radius 2 is 2.36 bits per heavy atom. The molecule has 0 atom stereocenters. The van der Waals surface area contributed by atoms with Gasteiger partial charge < -0.3 is 4.74 Å². The summed E-state index contributed by atoms with van der Waals surface area (Å²) in [6.07, 6.45) is 8.34. The first kappa shape index (κ1) is 6.09. The Labute approximate surface area is 64.1 Å². The molecule has 3 heteroatoms. The Kier molecular flexibility index (Phi) is 1.41. The largest absolute Gasteiger partial charge is 0.463 e. The van der Waals surface area contributed by atoms with Crippen molar-refractivity contribution in [3.05, 3.63) is 30.8 Å². The minimum atomic E-state index is 0.741. The molecule has 11 heavy (non-hydrogen) atoms. The van der Waals surface area contributed by atoms with Gasteiger partial charge in [-0.1, -0.05) is 0 Å². The molecule has 0 unspecified atom stereocenters. The number of nitrogens with zero attached hydrogens (tertiary/aromatic N) is 2. The van der Waals surface area contributed by atoms with Crippen molar-refractivity contribution in [2.45, 2.75) is 0 Å².